The number of alkyl halides is 2. The van der Waals surface area contributed by atoms with Crippen LogP contribution < -0.4 is 5.32 Å². The summed E-state index contributed by atoms with van der Waals surface area (Å²) in [5, 5.41) is 2.95. The van der Waals surface area contributed by atoms with E-state index in [0.717, 1.165) is 0 Å². The van der Waals surface area contributed by atoms with Crippen molar-refractivity contribution in [2.75, 3.05) is 33.8 Å². The Morgan fingerprint density at radius 2 is 2.12 bits per heavy atom. The van der Waals surface area contributed by atoms with E-state index in [4.69, 9.17) is 0 Å². The molecule has 0 aromatic heterocycles. The van der Waals surface area contributed by atoms with Crippen LogP contribution in [0, 0.1) is 0 Å². The van der Waals surface area contributed by atoms with Crippen LogP contribution in [0.3, 0.4) is 0 Å². The quantitative estimate of drug-likeness (QED) is 0.664. The van der Waals surface area contributed by atoms with Crippen LogP contribution in [-0.4, -0.2) is 56.6 Å². The van der Waals surface area contributed by atoms with Gasteiger partial charge in [-0.15, -0.1) is 0 Å². The fourth-order valence-corrected chi connectivity index (χ4v) is 1.65. The number of rotatable bonds is 7. The minimum atomic E-state index is -2.41. The SMILES string of the molecule is CCNC(C)(CN(C)CC(F)F)C(=O)OC. The molecule has 0 aliphatic carbocycles. The van der Waals surface area contributed by atoms with Crippen molar-refractivity contribution in [1.82, 2.24) is 10.2 Å². The molecule has 6 heteroatoms. The molecule has 0 saturated heterocycles. The third-order valence-corrected chi connectivity index (χ3v) is 2.24. The van der Waals surface area contributed by atoms with Crippen LogP contribution in [0.1, 0.15) is 13.8 Å². The number of nitrogens with zero attached hydrogens (tertiary/aromatic N) is 1. The van der Waals surface area contributed by atoms with Gasteiger partial charge in [-0.2, -0.15) is 0 Å². The molecular formula is C10H20F2N2O2. The lowest BCUT2D eigenvalue weighted by Crippen LogP contribution is -2.57. The predicted octanol–water partition coefficient (Wildman–Crippen LogP) is 0.724. The summed E-state index contributed by atoms with van der Waals surface area (Å²) in [6.07, 6.45) is -2.41. The molecule has 0 amide bonds. The first-order valence-corrected chi connectivity index (χ1v) is 5.16. The summed E-state index contributed by atoms with van der Waals surface area (Å²) in [7, 11) is 2.83. The molecule has 0 spiro atoms. The molecule has 0 aromatic carbocycles. The zero-order chi connectivity index (χ0) is 12.8. The molecule has 0 radical (unpaired) electrons. The van der Waals surface area contributed by atoms with Crippen LogP contribution in [0.2, 0.25) is 0 Å². The number of ether oxygens (including phenoxy) is 1. The zero-order valence-corrected chi connectivity index (χ0v) is 10.2. The van der Waals surface area contributed by atoms with Crippen molar-refractivity contribution in [3.63, 3.8) is 0 Å². The number of hydrogen-bond donors (Lipinski definition) is 1. The summed E-state index contributed by atoms with van der Waals surface area (Å²) in [5.74, 6) is -0.449. The second kappa shape index (κ2) is 6.75. The van der Waals surface area contributed by atoms with Crippen molar-refractivity contribution < 1.29 is 18.3 Å². The summed E-state index contributed by atoms with van der Waals surface area (Å²) >= 11 is 0. The number of likely N-dealkylation sites (N-methyl/N-ethyl adjacent to an activating group) is 2. The van der Waals surface area contributed by atoms with Gasteiger partial charge in [0.1, 0.15) is 5.54 Å². The molecule has 0 aromatic rings. The van der Waals surface area contributed by atoms with E-state index in [1.165, 1.54) is 12.0 Å². The average Bonchev–Trinajstić information content (AvgIpc) is 2.15. The highest BCUT2D eigenvalue weighted by molar-refractivity contribution is 5.80. The van der Waals surface area contributed by atoms with Crippen molar-refractivity contribution in [2.24, 2.45) is 0 Å². The van der Waals surface area contributed by atoms with E-state index in [-0.39, 0.29) is 13.1 Å². The fourth-order valence-electron chi connectivity index (χ4n) is 1.65. The van der Waals surface area contributed by atoms with Gasteiger partial charge < -0.3 is 10.1 Å². The van der Waals surface area contributed by atoms with E-state index in [9.17, 15) is 13.6 Å². The van der Waals surface area contributed by atoms with Crippen molar-refractivity contribution in [3.8, 4) is 0 Å². The summed E-state index contributed by atoms with van der Waals surface area (Å²) < 4.78 is 29.0. The largest absolute Gasteiger partial charge is 0.468 e. The second-order valence-corrected chi connectivity index (χ2v) is 3.94. The van der Waals surface area contributed by atoms with Crippen LogP contribution in [-0.2, 0) is 9.53 Å². The van der Waals surface area contributed by atoms with Crippen LogP contribution >= 0.6 is 0 Å². The first-order chi connectivity index (χ1) is 7.35. The van der Waals surface area contributed by atoms with Crippen molar-refractivity contribution in [3.05, 3.63) is 0 Å². The molecule has 4 nitrogen and oxygen atoms in total. The summed E-state index contributed by atoms with van der Waals surface area (Å²) in [5.41, 5.74) is -0.951. The van der Waals surface area contributed by atoms with Gasteiger partial charge in [0.15, 0.2) is 0 Å². The molecule has 0 aliphatic rings. The van der Waals surface area contributed by atoms with Gasteiger partial charge in [0.2, 0.25) is 0 Å². The Morgan fingerprint density at radius 1 is 1.56 bits per heavy atom. The summed E-state index contributed by atoms with van der Waals surface area (Å²) in [6.45, 7) is 3.86. The maximum Gasteiger partial charge on any atom is 0.327 e. The van der Waals surface area contributed by atoms with Gasteiger partial charge >= 0.3 is 5.97 Å². The van der Waals surface area contributed by atoms with Gasteiger partial charge in [0, 0.05) is 6.54 Å². The molecule has 0 aliphatic heterocycles. The number of halogens is 2. The standard InChI is InChI=1S/C10H20F2N2O2/c1-5-13-10(2,9(15)16-4)7-14(3)6-8(11)12/h8,13H,5-7H2,1-4H3. The third-order valence-electron chi connectivity index (χ3n) is 2.24. The lowest BCUT2D eigenvalue weighted by Gasteiger charge is -2.31. The minimum Gasteiger partial charge on any atom is -0.468 e. The molecule has 1 unspecified atom stereocenters. The number of carbonyl (C=O) groups excluding carboxylic acids is 1. The number of nitrogens with one attached hydrogen (secondary N) is 1. The number of carbonyl (C=O) groups is 1. The Kier molecular flexibility index (Phi) is 6.43. The normalized spacial score (nSPS) is 15.2. The van der Waals surface area contributed by atoms with Crippen LogP contribution in [0.4, 0.5) is 8.78 Å². The molecule has 0 rings (SSSR count). The average molecular weight is 238 g/mol. The second-order valence-electron chi connectivity index (χ2n) is 3.94. The Bertz CT molecular complexity index is 227. The molecular weight excluding hydrogens is 218 g/mol. The molecule has 0 fully saturated rings. The molecule has 16 heavy (non-hydrogen) atoms. The fraction of sp³-hybridized carbons (Fsp3) is 0.900. The summed E-state index contributed by atoms with van der Waals surface area (Å²) in [6, 6.07) is 0. The Balaban J connectivity index is 4.48. The Hall–Kier alpha value is -0.750. The summed E-state index contributed by atoms with van der Waals surface area (Å²) in [4.78, 5) is 13.0. The number of hydrogen-bond acceptors (Lipinski definition) is 4. The van der Waals surface area contributed by atoms with E-state index < -0.39 is 17.9 Å². The maximum absolute atomic E-state index is 12.2. The zero-order valence-electron chi connectivity index (χ0n) is 10.2. The van der Waals surface area contributed by atoms with Gasteiger partial charge in [-0.05, 0) is 20.5 Å². The van der Waals surface area contributed by atoms with Crippen LogP contribution in [0.25, 0.3) is 0 Å². The highest BCUT2D eigenvalue weighted by Crippen LogP contribution is 2.09. The minimum absolute atomic E-state index is 0.178. The molecule has 0 heterocycles. The molecule has 0 saturated carbocycles. The van der Waals surface area contributed by atoms with E-state index in [2.05, 4.69) is 10.1 Å². The molecule has 0 bridgehead atoms. The topological polar surface area (TPSA) is 41.6 Å². The number of esters is 1. The maximum atomic E-state index is 12.2. The molecule has 1 N–H and O–H groups in total. The van der Waals surface area contributed by atoms with Gasteiger partial charge in [0.25, 0.3) is 6.43 Å². The lowest BCUT2D eigenvalue weighted by atomic mass is 10.0. The third kappa shape index (κ3) is 4.85. The first-order valence-electron chi connectivity index (χ1n) is 5.16. The van der Waals surface area contributed by atoms with Gasteiger partial charge in [-0.1, -0.05) is 6.92 Å². The smallest absolute Gasteiger partial charge is 0.327 e. The first kappa shape index (κ1) is 15.2. The molecule has 96 valence electrons. The Labute approximate surface area is 94.9 Å². The predicted molar refractivity (Wildman–Crippen MR) is 57.6 cm³/mol. The van der Waals surface area contributed by atoms with E-state index in [0.29, 0.717) is 6.54 Å². The van der Waals surface area contributed by atoms with Crippen molar-refractivity contribution >= 4 is 5.97 Å². The van der Waals surface area contributed by atoms with Gasteiger partial charge in [0.05, 0.1) is 13.7 Å². The highest BCUT2D eigenvalue weighted by Gasteiger charge is 2.34. The van der Waals surface area contributed by atoms with Crippen molar-refractivity contribution in [1.29, 1.82) is 0 Å². The van der Waals surface area contributed by atoms with Crippen LogP contribution in [0.5, 0.6) is 0 Å². The van der Waals surface area contributed by atoms with E-state index >= 15 is 0 Å². The van der Waals surface area contributed by atoms with Crippen LogP contribution in [0.15, 0.2) is 0 Å². The van der Waals surface area contributed by atoms with E-state index in [1.807, 2.05) is 6.92 Å². The lowest BCUT2D eigenvalue weighted by molar-refractivity contribution is -0.148. The monoisotopic (exact) mass is 238 g/mol. The van der Waals surface area contributed by atoms with Gasteiger partial charge in [-0.3, -0.25) is 9.69 Å². The van der Waals surface area contributed by atoms with E-state index in [1.54, 1.807) is 14.0 Å². The van der Waals surface area contributed by atoms with Crippen molar-refractivity contribution in [2.45, 2.75) is 25.8 Å². The number of methoxy groups -OCH3 is 1. The highest BCUT2D eigenvalue weighted by atomic mass is 19.3. The molecule has 1 atom stereocenters. The Morgan fingerprint density at radius 3 is 2.50 bits per heavy atom. The van der Waals surface area contributed by atoms with Gasteiger partial charge in [-0.25, -0.2) is 8.78 Å².